The highest BCUT2D eigenvalue weighted by Gasteiger charge is 2.13. The maximum Gasteiger partial charge on any atom is 0.301 e. The molecule has 19 heavy (non-hydrogen) atoms. The van der Waals surface area contributed by atoms with E-state index in [-0.39, 0.29) is 5.76 Å². The van der Waals surface area contributed by atoms with Crippen molar-refractivity contribution in [2.24, 2.45) is 5.84 Å². The van der Waals surface area contributed by atoms with E-state index in [4.69, 9.17) is 15.0 Å². The molecule has 0 radical (unpaired) electrons. The molecule has 0 saturated carbocycles. The number of amides is 1. The van der Waals surface area contributed by atoms with Crippen LogP contribution in [0.4, 0.5) is 0 Å². The molecule has 1 aromatic rings. The third-order valence-corrected chi connectivity index (χ3v) is 2.98. The highest BCUT2D eigenvalue weighted by molar-refractivity contribution is 5.92. The lowest BCUT2D eigenvalue weighted by atomic mass is 10.1. The molecule has 0 spiro atoms. The minimum Gasteiger partial charge on any atom is -0.459 e. The highest BCUT2D eigenvalue weighted by atomic mass is 16.5. The molecular formula is C14H24N2O3. The topological polar surface area (TPSA) is 77.5 Å². The minimum absolute atomic E-state index is 0.227. The quantitative estimate of drug-likeness (QED) is 0.296. The second kappa shape index (κ2) is 9.58. The number of nitrogen functional groups attached to an aromatic ring is 1. The Balaban J connectivity index is 2.13. The SMILES string of the molecule is CCCCCCCCOCc1ccoc1C(=O)NN. The van der Waals surface area contributed by atoms with Crippen molar-refractivity contribution < 1.29 is 13.9 Å². The molecule has 0 unspecified atom stereocenters. The highest BCUT2D eigenvalue weighted by Crippen LogP contribution is 2.12. The van der Waals surface area contributed by atoms with Gasteiger partial charge >= 0.3 is 5.91 Å². The fraction of sp³-hybridized carbons (Fsp3) is 0.643. The summed E-state index contributed by atoms with van der Waals surface area (Å²) in [5, 5.41) is 0. The van der Waals surface area contributed by atoms with Gasteiger partial charge in [0.15, 0.2) is 5.76 Å². The Morgan fingerprint density at radius 3 is 2.79 bits per heavy atom. The number of hydrazine groups is 1. The van der Waals surface area contributed by atoms with E-state index in [1.807, 2.05) is 5.43 Å². The zero-order valence-electron chi connectivity index (χ0n) is 11.6. The predicted molar refractivity (Wildman–Crippen MR) is 73.4 cm³/mol. The number of carbonyl (C=O) groups excluding carboxylic acids is 1. The van der Waals surface area contributed by atoms with Crippen LogP contribution in [0.2, 0.25) is 0 Å². The number of nitrogens with two attached hydrogens (primary N) is 1. The number of furan rings is 1. The van der Waals surface area contributed by atoms with Gasteiger partial charge in [-0.25, -0.2) is 5.84 Å². The van der Waals surface area contributed by atoms with Crippen molar-refractivity contribution >= 4 is 5.91 Å². The summed E-state index contributed by atoms with van der Waals surface area (Å²) in [4.78, 5) is 11.3. The number of unbranched alkanes of at least 4 members (excludes halogenated alkanes) is 5. The Kier molecular flexibility index (Phi) is 7.93. The standard InChI is InChI=1S/C14H24N2O3/c1-2-3-4-5-6-7-9-18-11-12-8-10-19-13(12)14(17)16-15/h8,10H,2-7,9,11,15H2,1H3,(H,16,17). The summed E-state index contributed by atoms with van der Waals surface area (Å²) in [6.45, 7) is 3.30. The van der Waals surface area contributed by atoms with Gasteiger partial charge < -0.3 is 9.15 Å². The van der Waals surface area contributed by atoms with Gasteiger partial charge in [-0.2, -0.15) is 0 Å². The Labute approximate surface area is 114 Å². The number of nitrogens with one attached hydrogen (secondary N) is 1. The summed E-state index contributed by atoms with van der Waals surface area (Å²) in [5.74, 6) is 4.87. The van der Waals surface area contributed by atoms with Crippen LogP contribution in [0.25, 0.3) is 0 Å². The normalized spacial score (nSPS) is 10.6. The average molecular weight is 268 g/mol. The summed E-state index contributed by atoms with van der Waals surface area (Å²) >= 11 is 0. The largest absolute Gasteiger partial charge is 0.459 e. The van der Waals surface area contributed by atoms with Crippen LogP contribution in [-0.4, -0.2) is 12.5 Å². The second-order valence-electron chi connectivity index (χ2n) is 4.57. The van der Waals surface area contributed by atoms with Crippen molar-refractivity contribution in [2.45, 2.75) is 52.1 Å². The molecule has 1 aromatic heterocycles. The Bertz CT molecular complexity index is 363. The lowest BCUT2D eigenvalue weighted by Gasteiger charge is -2.04. The number of rotatable bonds is 10. The maximum absolute atomic E-state index is 11.3. The van der Waals surface area contributed by atoms with Crippen molar-refractivity contribution in [3.63, 3.8) is 0 Å². The zero-order chi connectivity index (χ0) is 13.9. The van der Waals surface area contributed by atoms with Gasteiger partial charge in [-0.3, -0.25) is 10.2 Å². The van der Waals surface area contributed by atoms with Crippen molar-refractivity contribution in [1.29, 1.82) is 0 Å². The van der Waals surface area contributed by atoms with Crippen LogP contribution in [0.5, 0.6) is 0 Å². The second-order valence-corrected chi connectivity index (χ2v) is 4.57. The van der Waals surface area contributed by atoms with Crippen LogP contribution in [0.3, 0.4) is 0 Å². The lowest BCUT2D eigenvalue weighted by molar-refractivity contribution is 0.0906. The van der Waals surface area contributed by atoms with Crippen LogP contribution in [0.1, 0.15) is 61.6 Å². The summed E-state index contributed by atoms with van der Waals surface area (Å²) in [6, 6.07) is 1.73. The molecule has 0 aromatic carbocycles. The first kappa shape index (κ1) is 15.7. The molecule has 1 amide bonds. The van der Waals surface area contributed by atoms with Gasteiger partial charge in [0.1, 0.15) is 0 Å². The number of hydrogen-bond acceptors (Lipinski definition) is 4. The minimum atomic E-state index is -0.428. The first-order chi connectivity index (χ1) is 9.29. The fourth-order valence-corrected chi connectivity index (χ4v) is 1.88. The third kappa shape index (κ3) is 5.89. The number of ether oxygens (including phenoxy) is 1. The Hall–Kier alpha value is -1.33. The molecule has 0 aliphatic carbocycles. The summed E-state index contributed by atoms with van der Waals surface area (Å²) in [6.07, 6.45) is 8.87. The first-order valence-corrected chi connectivity index (χ1v) is 6.94. The molecule has 3 N–H and O–H groups in total. The molecule has 0 aliphatic rings. The molecule has 5 heteroatoms. The van der Waals surface area contributed by atoms with Crippen LogP contribution < -0.4 is 11.3 Å². The Morgan fingerprint density at radius 1 is 1.32 bits per heavy atom. The van der Waals surface area contributed by atoms with Gasteiger partial charge in [0.25, 0.3) is 0 Å². The van der Waals surface area contributed by atoms with Crippen LogP contribution in [-0.2, 0) is 11.3 Å². The van der Waals surface area contributed by atoms with E-state index in [1.54, 1.807) is 6.07 Å². The molecule has 108 valence electrons. The summed E-state index contributed by atoms with van der Waals surface area (Å²) < 4.78 is 10.6. The van der Waals surface area contributed by atoms with Crippen molar-refractivity contribution in [2.75, 3.05) is 6.61 Å². The van der Waals surface area contributed by atoms with Crippen LogP contribution in [0, 0.1) is 0 Å². The van der Waals surface area contributed by atoms with Crippen molar-refractivity contribution in [1.82, 2.24) is 5.43 Å². The van der Waals surface area contributed by atoms with E-state index in [0.29, 0.717) is 13.2 Å². The van der Waals surface area contributed by atoms with Gasteiger partial charge in [0.2, 0.25) is 0 Å². The van der Waals surface area contributed by atoms with E-state index < -0.39 is 5.91 Å². The van der Waals surface area contributed by atoms with Crippen LogP contribution >= 0.6 is 0 Å². The zero-order valence-corrected chi connectivity index (χ0v) is 11.6. The van der Waals surface area contributed by atoms with E-state index >= 15 is 0 Å². The monoisotopic (exact) mass is 268 g/mol. The predicted octanol–water partition coefficient (Wildman–Crippen LogP) is 2.76. The Morgan fingerprint density at radius 2 is 2.05 bits per heavy atom. The first-order valence-electron chi connectivity index (χ1n) is 6.94. The van der Waals surface area contributed by atoms with Gasteiger partial charge in [0, 0.05) is 12.2 Å². The smallest absolute Gasteiger partial charge is 0.301 e. The van der Waals surface area contributed by atoms with Gasteiger partial charge in [-0.15, -0.1) is 0 Å². The van der Waals surface area contributed by atoms with E-state index in [2.05, 4.69) is 6.92 Å². The van der Waals surface area contributed by atoms with Crippen molar-refractivity contribution in [3.05, 3.63) is 23.7 Å². The number of carbonyl (C=O) groups is 1. The fourth-order valence-electron chi connectivity index (χ4n) is 1.88. The lowest BCUT2D eigenvalue weighted by Crippen LogP contribution is -2.30. The molecule has 0 atom stereocenters. The summed E-state index contributed by atoms with van der Waals surface area (Å²) in [5.41, 5.74) is 2.78. The molecule has 5 nitrogen and oxygen atoms in total. The van der Waals surface area contributed by atoms with Gasteiger partial charge in [0.05, 0.1) is 12.9 Å². The molecular weight excluding hydrogens is 244 g/mol. The molecule has 0 fully saturated rings. The molecule has 0 aliphatic heterocycles. The van der Waals surface area contributed by atoms with Gasteiger partial charge in [-0.05, 0) is 12.5 Å². The molecule has 1 rings (SSSR count). The van der Waals surface area contributed by atoms with Crippen molar-refractivity contribution in [3.8, 4) is 0 Å². The third-order valence-electron chi connectivity index (χ3n) is 2.98. The van der Waals surface area contributed by atoms with Crippen LogP contribution in [0.15, 0.2) is 16.7 Å². The molecule has 0 saturated heterocycles. The van der Waals surface area contributed by atoms with E-state index in [1.165, 1.54) is 38.4 Å². The number of hydrogen-bond donors (Lipinski definition) is 2. The maximum atomic E-state index is 11.3. The average Bonchev–Trinajstić information content (AvgIpc) is 2.89. The van der Waals surface area contributed by atoms with E-state index in [9.17, 15) is 4.79 Å². The molecule has 1 heterocycles. The van der Waals surface area contributed by atoms with E-state index in [0.717, 1.165) is 12.0 Å². The molecule has 0 bridgehead atoms. The summed E-state index contributed by atoms with van der Waals surface area (Å²) in [7, 11) is 0. The van der Waals surface area contributed by atoms with Gasteiger partial charge in [-0.1, -0.05) is 39.0 Å².